The van der Waals surface area contributed by atoms with Crippen LogP contribution in [0.1, 0.15) is 23.6 Å². The van der Waals surface area contributed by atoms with Crippen molar-refractivity contribution in [2.24, 2.45) is 0 Å². The summed E-state index contributed by atoms with van der Waals surface area (Å²) in [5, 5.41) is 4.26. The number of rotatable bonds is 3. The maximum absolute atomic E-state index is 6.06. The molecule has 1 heterocycles. The maximum atomic E-state index is 6.06. The van der Waals surface area contributed by atoms with Crippen molar-refractivity contribution < 1.29 is 0 Å². The number of nitrogens with zero attached hydrogens (tertiary/aromatic N) is 2. The molecule has 0 fully saturated rings. The lowest BCUT2D eigenvalue weighted by Gasteiger charge is -2.08. The van der Waals surface area contributed by atoms with Crippen LogP contribution < -0.4 is 0 Å². The zero-order valence-electron chi connectivity index (χ0n) is 8.60. The lowest BCUT2D eigenvalue weighted by Crippen LogP contribution is -2.06. The van der Waals surface area contributed by atoms with Crippen LogP contribution in [0.2, 0.25) is 0 Å². The average Bonchev–Trinajstić information content (AvgIpc) is 2.67. The van der Waals surface area contributed by atoms with E-state index in [9.17, 15) is 0 Å². The molecule has 0 amide bonds. The molecule has 3 heteroatoms. The van der Waals surface area contributed by atoms with Gasteiger partial charge in [-0.15, -0.1) is 11.6 Å². The monoisotopic (exact) mass is 220 g/mol. The number of aromatic nitrogens is 2. The van der Waals surface area contributed by atoms with Gasteiger partial charge in [0.15, 0.2) is 0 Å². The molecule has 0 spiro atoms. The van der Waals surface area contributed by atoms with Crippen molar-refractivity contribution in [2.75, 3.05) is 0 Å². The largest absolute Gasteiger partial charge is 0.264 e. The van der Waals surface area contributed by atoms with Crippen LogP contribution in [0.3, 0.4) is 0 Å². The van der Waals surface area contributed by atoms with Crippen molar-refractivity contribution in [3.05, 3.63) is 53.9 Å². The molecular weight excluding hydrogens is 208 g/mol. The maximum Gasteiger partial charge on any atom is 0.0726 e. The third-order valence-corrected chi connectivity index (χ3v) is 2.56. The van der Waals surface area contributed by atoms with E-state index in [0.29, 0.717) is 0 Å². The summed E-state index contributed by atoms with van der Waals surface area (Å²) >= 11 is 6.06. The van der Waals surface area contributed by atoms with Crippen molar-refractivity contribution in [3.8, 4) is 0 Å². The van der Waals surface area contributed by atoms with Crippen LogP contribution in [0.15, 0.2) is 42.6 Å². The molecule has 0 aliphatic heterocycles. The number of benzene rings is 1. The van der Waals surface area contributed by atoms with Gasteiger partial charge in [-0.2, -0.15) is 5.10 Å². The minimum Gasteiger partial charge on any atom is -0.264 e. The first-order chi connectivity index (χ1) is 7.27. The molecule has 2 rings (SSSR count). The van der Waals surface area contributed by atoms with E-state index in [4.69, 9.17) is 11.6 Å². The van der Waals surface area contributed by atoms with Gasteiger partial charge in [-0.25, -0.2) is 0 Å². The quantitative estimate of drug-likeness (QED) is 0.727. The Kier molecular flexibility index (Phi) is 3.07. The Morgan fingerprint density at radius 2 is 2.00 bits per heavy atom. The number of halogens is 1. The van der Waals surface area contributed by atoms with Crippen molar-refractivity contribution in [1.29, 1.82) is 0 Å². The van der Waals surface area contributed by atoms with Crippen LogP contribution in [0.4, 0.5) is 0 Å². The second kappa shape index (κ2) is 4.49. The summed E-state index contributed by atoms with van der Waals surface area (Å²) in [5.74, 6) is 0. The first-order valence-electron chi connectivity index (χ1n) is 4.97. The van der Waals surface area contributed by atoms with Gasteiger partial charge >= 0.3 is 0 Å². The molecule has 0 radical (unpaired) electrons. The molecule has 15 heavy (non-hydrogen) atoms. The highest BCUT2D eigenvalue weighted by atomic mass is 35.5. The van der Waals surface area contributed by atoms with Gasteiger partial charge in [0.25, 0.3) is 0 Å². The molecule has 0 saturated heterocycles. The molecule has 0 bridgehead atoms. The highest BCUT2D eigenvalue weighted by molar-refractivity contribution is 6.20. The van der Waals surface area contributed by atoms with E-state index in [1.54, 1.807) is 6.20 Å². The Morgan fingerprint density at radius 1 is 1.27 bits per heavy atom. The molecule has 1 atom stereocenters. The fourth-order valence-corrected chi connectivity index (χ4v) is 1.75. The van der Waals surface area contributed by atoms with E-state index in [-0.39, 0.29) is 5.38 Å². The van der Waals surface area contributed by atoms with Gasteiger partial charge in [-0.05, 0) is 18.6 Å². The zero-order chi connectivity index (χ0) is 10.7. The van der Waals surface area contributed by atoms with Gasteiger partial charge in [0.1, 0.15) is 0 Å². The summed E-state index contributed by atoms with van der Waals surface area (Å²) in [4.78, 5) is 0. The summed E-state index contributed by atoms with van der Waals surface area (Å²) in [6.07, 6.45) is 1.79. The lowest BCUT2D eigenvalue weighted by molar-refractivity contribution is 0.645. The molecule has 1 unspecified atom stereocenters. The second-order valence-electron chi connectivity index (χ2n) is 3.52. The van der Waals surface area contributed by atoms with Crippen LogP contribution >= 0.6 is 11.6 Å². The van der Waals surface area contributed by atoms with E-state index in [1.807, 2.05) is 35.9 Å². The van der Waals surface area contributed by atoms with Crippen LogP contribution in [0.5, 0.6) is 0 Å². The summed E-state index contributed by atoms with van der Waals surface area (Å²) in [6.45, 7) is 2.74. The average molecular weight is 221 g/mol. The summed E-state index contributed by atoms with van der Waals surface area (Å²) in [7, 11) is 0. The SMILES string of the molecule is CC(Cl)c1ccnn1Cc1ccccc1. The lowest BCUT2D eigenvalue weighted by atomic mass is 10.2. The molecule has 1 aromatic heterocycles. The molecule has 2 aromatic rings. The predicted molar refractivity (Wildman–Crippen MR) is 62.0 cm³/mol. The number of alkyl halides is 1. The molecule has 0 aliphatic carbocycles. The van der Waals surface area contributed by atoms with Crippen molar-refractivity contribution in [3.63, 3.8) is 0 Å². The van der Waals surface area contributed by atoms with Gasteiger partial charge in [-0.3, -0.25) is 4.68 Å². The molecule has 0 saturated carbocycles. The minimum absolute atomic E-state index is 0.00351. The fraction of sp³-hybridized carbons (Fsp3) is 0.250. The van der Waals surface area contributed by atoms with Gasteiger partial charge < -0.3 is 0 Å². The summed E-state index contributed by atoms with van der Waals surface area (Å²) in [6, 6.07) is 12.2. The molecule has 0 N–H and O–H groups in total. The molecule has 2 nitrogen and oxygen atoms in total. The van der Waals surface area contributed by atoms with Crippen molar-refractivity contribution in [2.45, 2.75) is 18.8 Å². The molecule has 1 aromatic carbocycles. The normalized spacial score (nSPS) is 12.7. The first-order valence-corrected chi connectivity index (χ1v) is 5.40. The Morgan fingerprint density at radius 3 is 2.67 bits per heavy atom. The predicted octanol–water partition coefficient (Wildman–Crippen LogP) is 3.23. The van der Waals surface area contributed by atoms with Crippen molar-refractivity contribution in [1.82, 2.24) is 9.78 Å². The minimum atomic E-state index is -0.00351. The van der Waals surface area contributed by atoms with Gasteiger partial charge in [0, 0.05) is 6.20 Å². The smallest absolute Gasteiger partial charge is 0.0726 e. The summed E-state index contributed by atoms with van der Waals surface area (Å²) in [5.41, 5.74) is 2.29. The van der Waals surface area contributed by atoms with Gasteiger partial charge in [0.05, 0.1) is 17.6 Å². The first kappa shape index (κ1) is 10.2. The molecule has 78 valence electrons. The third kappa shape index (κ3) is 2.39. The second-order valence-corrected chi connectivity index (χ2v) is 4.17. The highest BCUT2D eigenvalue weighted by Gasteiger charge is 2.07. The van der Waals surface area contributed by atoms with E-state index in [2.05, 4.69) is 17.2 Å². The number of hydrogen-bond acceptors (Lipinski definition) is 1. The Balaban J connectivity index is 2.21. The third-order valence-electron chi connectivity index (χ3n) is 2.33. The van der Waals surface area contributed by atoms with Crippen LogP contribution in [-0.4, -0.2) is 9.78 Å². The standard InChI is InChI=1S/C12H13ClN2/c1-10(13)12-7-8-14-15(12)9-11-5-3-2-4-6-11/h2-8,10H,9H2,1H3. The van der Waals surface area contributed by atoms with E-state index in [1.165, 1.54) is 5.56 Å². The van der Waals surface area contributed by atoms with Gasteiger partial charge in [0.2, 0.25) is 0 Å². The number of hydrogen-bond donors (Lipinski definition) is 0. The van der Waals surface area contributed by atoms with Gasteiger partial charge in [-0.1, -0.05) is 30.3 Å². The molecular formula is C12H13ClN2. The highest BCUT2D eigenvalue weighted by Crippen LogP contribution is 2.19. The topological polar surface area (TPSA) is 17.8 Å². The summed E-state index contributed by atoms with van der Waals surface area (Å²) < 4.78 is 1.94. The van der Waals surface area contributed by atoms with Crippen LogP contribution in [0, 0.1) is 0 Å². The Labute approximate surface area is 94.5 Å². The Hall–Kier alpha value is -1.28. The molecule has 0 aliphatic rings. The Bertz CT molecular complexity index is 420. The van der Waals surface area contributed by atoms with Crippen LogP contribution in [-0.2, 0) is 6.54 Å². The van der Waals surface area contributed by atoms with Crippen LogP contribution in [0.25, 0.3) is 0 Å². The van der Waals surface area contributed by atoms with Crippen molar-refractivity contribution >= 4 is 11.6 Å². The zero-order valence-corrected chi connectivity index (χ0v) is 9.35. The fourth-order valence-electron chi connectivity index (χ4n) is 1.57. The van der Waals surface area contributed by atoms with E-state index in [0.717, 1.165) is 12.2 Å². The van der Waals surface area contributed by atoms with E-state index >= 15 is 0 Å². The van der Waals surface area contributed by atoms with E-state index < -0.39 is 0 Å².